The summed E-state index contributed by atoms with van der Waals surface area (Å²) in [5.41, 5.74) is 17.2. The van der Waals surface area contributed by atoms with E-state index in [1.165, 1.54) is 0 Å². The van der Waals surface area contributed by atoms with Crippen LogP contribution in [0.3, 0.4) is 0 Å². The number of hydrogen-bond acceptors (Lipinski definition) is 15. The SMILES string of the molecule is CBr.CC.CN(C)c1ccc(Oc2ccc(N(C)C)cc2)cc1.CN(C)c1ccc(Oc2ccc(N(C)C)cc2)cc1.CS(=O)(=O)[O-].Nc1ccc(Oc2ccc(N)cc2)cc1.O=S(=O)(O)O.[Na+].[Na+].[OH-]. The normalized spacial score (nSPS) is 9.43. The van der Waals surface area contributed by atoms with Gasteiger partial charge in [0.25, 0.3) is 0 Å². The Morgan fingerprint density at radius 2 is 0.529 bits per heavy atom. The Bertz CT molecular complexity index is 2170. The zero-order chi connectivity index (χ0) is 51.3. The second kappa shape index (κ2) is 38.4. The fourth-order valence-corrected chi connectivity index (χ4v) is 4.73. The first-order valence-corrected chi connectivity index (χ1v) is 25.0. The minimum absolute atomic E-state index is 0. The Morgan fingerprint density at radius 3 is 0.643 bits per heavy atom. The average Bonchev–Trinajstić information content (AvgIpc) is 3.27. The minimum atomic E-state index is -4.67. The van der Waals surface area contributed by atoms with Crippen molar-refractivity contribution >= 4 is 70.6 Å². The fraction of sp³-hybridized carbons (Fsp3) is 0.250. The molecular formula is C48H67BrN6Na2O11S2. The van der Waals surface area contributed by atoms with Crippen molar-refractivity contribution < 1.29 is 109 Å². The van der Waals surface area contributed by atoms with Crippen LogP contribution in [0.2, 0.25) is 0 Å². The first kappa shape index (κ1) is 72.3. The number of ether oxygens (including phenoxy) is 3. The number of halogens is 1. The molecule has 0 aliphatic heterocycles. The first-order chi connectivity index (χ1) is 31.4. The van der Waals surface area contributed by atoms with E-state index in [0.717, 1.165) is 68.6 Å². The summed E-state index contributed by atoms with van der Waals surface area (Å²) in [5, 5.41) is 0. The number of rotatable bonds is 10. The van der Waals surface area contributed by atoms with Crippen LogP contribution >= 0.6 is 15.9 Å². The van der Waals surface area contributed by atoms with Crippen LogP contribution in [0, 0.1) is 0 Å². The predicted octanol–water partition coefficient (Wildman–Crippen LogP) is 4.24. The monoisotopic (exact) mass is 1090 g/mol. The quantitative estimate of drug-likeness (QED) is 0.0648. The van der Waals surface area contributed by atoms with Crippen LogP contribution in [-0.2, 0) is 20.5 Å². The van der Waals surface area contributed by atoms with E-state index in [1.54, 1.807) is 24.3 Å². The topological polar surface area (TPSA) is 254 Å². The van der Waals surface area contributed by atoms with Gasteiger partial charge in [-0.15, -0.1) is 0 Å². The van der Waals surface area contributed by atoms with Crippen LogP contribution < -0.4 is 104 Å². The molecule has 17 nitrogen and oxygen atoms in total. The average molecular weight is 1090 g/mol. The first-order valence-electron chi connectivity index (χ1n) is 20.2. The van der Waals surface area contributed by atoms with Gasteiger partial charge >= 0.3 is 69.5 Å². The molecular weight excluding hydrogens is 1030 g/mol. The van der Waals surface area contributed by atoms with E-state index in [2.05, 4.69) is 35.5 Å². The number of hydrogen-bond donors (Lipinski definition) is 4. The maximum Gasteiger partial charge on any atom is 1.00 e. The second-order valence-electron chi connectivity index (χ2n) is 14.1. The summed E-state index contributed by atoms with van der Waals surface area (Å²) >= 11 is 2.94. The summed E-state index contributed by atoms with van der Waals surface area (Å²) in [7, 11) is 7.61. The molecule has 6 aromatic rings. The van der Waals surface area contributed by atoms with E-state index in [-0.39, 0.29) is 64.6 Å². The molecule has 0 unspecified atom stereocenters. The Morgan fingerprint density at radius 1 is 0.414 bits per heavy atom. The van der Waals surface area contributed by atoms with E-state index >= 15 is 0 Å². The third kappa shape index (κ3) is 35.8. The van der Waals surface area contributed by atoms with Gasteiger partial charge in [0, 0.05) is 96.8 Å². The zero-order valence-electron chi connectivity index (χ0n) is 42.6. The van der Waals surface area contributed by atoms with E-state index in [4.69, 9.17) is 56.2 Å². The summed E-state index contributed by atoms with van der Waals surface area (Å²) in [5.74, 6) is 6.73. The standard InChI is InChI=1S/2C16H20N2O.C12H12N2O.C2H6.CH3Br.CH4O3S.2Na.H2O4S.H2O/c2*1-17(2)13-5-9-15(10-6-13)19-16-11-7-14(8-12-16)18(3)4;13-9-1-5-11(6-2-9)15-12-7-3-10(14)4-8-12;2*1-2;1-5(2,3)4;;;1-5(2,3)4;/h2*5-12H,1-4H3;1-8H,13-14H2;1-2H3;1H3;1H3,(H,2,3,4);;;(H2,1,2,3,4);1H2/q;;;;;;2*+1;;/p-2. The van der Waals surface area contributed by atoms with Gasteiger partial charge in [-0.3, -0.25) is 9.11 Å². The molecule has 0 aliphatic carbocycles. The molecule has 0 amide bonds. The van der Waals surface area contributed by atoms with Gasteiger partial charge in [0.1, 0.15) is 34.5 Å². The van der Waals surface area contributed by atoms with Crippen LogP contribution in [-0.4, -0.2) is 104 Å². The van der Waals surface area contributed by atoms with Crippen LogP contribution in [0.1, 0.15) is 13.8 Å². The predicted molar refractivity (Wildman–Crippen MR) is 283 cm³/mol. The zero-order valence-corrected chi connectivity index (χ0v) is 49.8. The Balaban J connectivity index is -0.000000405. The summed E-state index contributed by atoms with van der Waals surface area (Å²) in [6.45, 7) is 4.00. The van der Waals surface area contributed by atoms with Crippen molar-refractivity contribution in [3.63, 3.8) is 0 Å². The van der Waals surface area contributed by atoms with Gasteiger partial charge < -0.3 is 55.3 Å². The van der Waals surface area contributed by atoms with Gasteiger partial charge in [-0.1, -0.05) is 29.8 Å². The van der Waals surface area contributed by atoms with Gasteiger partial charge in [-0.25, -0.2) is 8.42 Å². The van der Waals surface area contributed by atoms with Crippen molar-refractivity contribution in [1.82, 2.24) is 0 Å². The summed E-state index contributed by atoms with van der Waals surface area (Å²) in [4.78, 5) is 8.26. The Labute approximate surface area is 469 Å². The van der Waals surface area contributed by atoms with Gasteiger partial charge in [0.2, 0.25) is 0 Å². The molecule has 0 radical (unpaired) electrons. The van der Waals surface area contributed by atoms with Crippen LogP contribution in [0.25, 0.3) is 0 Å². The molecule has 0 saturated carbocycles. The molecule has 0 bridgehead atoms. The van der Waals surface area contributed by atoms with Gasteiger partial charge in [-0.05, 0) is 151 Å². The Hall–Kier alpha value is -4.26. The number of nitrogen functional groups attached to an aromatic ring is 2. The van der Waals surface area contributed by atoms with Crippen molar-refractivity contribution in [1.29, 1.82) is 0 Å². The van der Waals surface area contributed by atoms with E-state index in [1.807, 2.05) is 197 Å². The maximum atomic E-state index is 9.08. The van der Waals surface area contributed by atoms with Gasteiger partial charge in [0.05, 0.1) is 10.1 Å². The van der Waals surface area contributed by atoms with Crippen molar-refractivity contribution in [3.8, 4) is 34.5 Å². The van der Waals surface area contributed by atoms with Gasteiger partial charge in [0.15, 0.2) is 0 Å². The summed E-state index contributed by atoms with van der Waals surface area (Å²) < 4.78 is 76.0. The number of alkyl halides is 1. The number of anilines is 6. The molecule has 0 heterocycles. The molecule has 0 saturated heterocycles. The van der Waals surface area contributed by atoms with E-state index in [9.17, 15) is 0 Å². The molecule has 0 aliphatic rings. The number of nitrogens with zero attached hydrogens (tertiary/aromatic N) is 4. The van der Waals surface area contributed by atoms with Gasteiger partial charge in [-0.2, -0.15) is 8.42 Å². The molecule has 6 aromatic carbocycles. The molecule has 22 heteroatoms. The smallest absolute Gasteiger partial charge is 0.870 e. The minimum Gasteiger partial charge on any atom is -0.870 e. The Kier molecular flexibility index (Phi) is 39.7. The summed E-state index contributed by atoms with van der Waals surface area (Å²) in [6, 6.07) is 46.7. The fourth-order valence-electron chi connectivity index (χ4n) is 4.73. The molecule has 70 heavy (non-hydrogen) atoms. The maximum absolute atomic E-state index is 9.08. The molecule has 0 spiro atoms. The van der Waals surface area contributed by atoms with Crippen molar-refractivity contribution in [2.45, 2.75) is 13.8 Å². The molecule has 0 fully saturated rings. The summed E-state index contributed by atoms with van der Waals surface area (Å²) in [6.07, 6.45) is 0.604. The van der Waals surface area contributed by atoms with Crippen LogP contribution in [0.4, 0.5) is 34.1 Å². The number of benzene rings is 6. The van der Waals surface area contributed by atoms with Crippen LogP contribution in [0.15, 0.2) is 146 Å². The van der Waals surface area contributed by atoms with Crippen LogP contribution in [0.5, 0.6) is 34.5 Å². The molecule has 0 atom stereocenters. The van der Waals surface area contributed by atoms with Crippen molar-refractivity contribution in [2.24, 2.45) is 0 Å². The third-order valence-electron chi connectivity index (χ3n) is 7.88. The molecule has 6 rings (SSSR count). The third-order valence-corrected chi connectivity index (χ3v) is 7.88. The van der Waals surface area contributed by atoms with E-state index < -0.39 is 20.5 Å². The van der Waals surface area contributed by atoms with E-state index in [0.29, 0.717) is 6.26 Å². The second-order valence-corrected chi connectivity index (χ2v) is 16.5. The number of nitrogens with two attached hydrogens (primary N) is 2. The van der Waals surface area contributed by atoms with Crippen molar-refractivity contribution in [3.05, 3.63) is 146 Å². The largest absolute Gasteiger partial charge is 1.00 e. The molecule has 0 aromatic heterocycles. The molecule has 7 N–H and O–H groups in total. The molecule has 376 valence electrons. The van der Waals surface area contributed by atoms with Crippen molar-refractivity contribution in [2.75, 3.05) is 99.5 Å².